The van der Waals surface area contributed by atoms with E-state index >= 15 is 0 Å². The molecule has 2 N–H and O–H groups in total. The van der Waals surface area contributed by atoms with Crippen LogP contribution in [0.4, 0.5) is 4.39 Å². The number of hydrogen-bond acceptors (Lipinski definition) is 2. The van der Waals surface area contributed by atoms with Crippen molar-refractivity contribution in [2.75, 3.05) is 0 Å². The normalized spacial score (nSPS) is 11.2. The van der Waals surface area contributed by atoms with E-state index in [2.05, 4.69) is 17.6 Å². The Hall–Kier alpha value is -2.20. The van der Waals surface area contributed by atoms with Gasteiger partial charge in [-0.15, -0.1) is 0 Å². The topological polar surface area (TPSA) is 43.8 Å². The minimum absolute atomic E-state index is 0.213. The fourth-order valence-electron chi connectivity index (χ4n) is 2.62. The summed E-state index contributed by atoms with van der Waals surface area (Å²) in [6.45, 7) is 3.48. The molecule has 3 nitrogen and oxygen atoms in total. The van der Waals surface area contributed by atoms with E-state index in [-0.39, 0.29) is 5.82 Å². The molecule has 0 atom stereocenters. The molecule has 0 spiro atoms. The molecule has 0 aliphatic heterocycles. The number of halogens is 1. The fourth-order valence-corrected chi connectivity index (χ4v) is 2.62. The molecule has 2 aromatic carbocycles. The van der Waals surface area contributed by atoms with Crippen LogP contribution in [0.3, 0.4) is 0 Å². The van der Waals surface area contributed by atoms with Crippen LogP contribution < -0.4 is 5.73 Å². The molecule has 3 aromatic rings. The van der Waals surface area contributed by atoms with Crippen molar-refractivity contribution < 1.29 is 4.39 Å². The van der Waals surface area contributed by atoms with Crippen molar-refractivity contribution in [2.24, 2.45) is 5.73 Å². The Morgan fingerprint density at radius 2 is 1.81 bits per heavy atom. The molecule has 0 fully saturated rings. The van der Waals surface area contributed by atoms with Crippen LogP contribution in [0.25, 0.3) is 11.0 Å². The molecule has 21 heavy (non-hydrogen) atoms. The van der Waals surface area contributed by atoms with Gasteiger partial charge in [0.25, 0.3) is 0 Å². The van der Waals surface area contributed by atoms with E-state index in [1.54, 1.807) is 12.1 Å². The Morgan fingerprint density at radius 1 is 1.10 bits per heavy atom. The number of fused-ring (bicyclic) bond motifs is 1. The van der Waals surface area contributed by atoms with Crippen LogP contribution in [0.15, 0.2) is 42.5 Å². The van der Waals surface area contributed by atoms with Crippen LogP contribution in [0.5, 0.6) is 0 Å². The Labute approximate surface area is 123 Å². The first kappa shape index (κ1) is 13.8. The summed E-state index contributed by atoms with van der Waals surface area (Å²) < 4.78 is 15.2. The van der Waals surface area contributed by atoms with Gasteiger partial charge in [0.05, 0.1) is 11.0 Å². The van der Waals surface area contributed by atoms with Crippen molar-refractivity contribution in [3.8, 4) is 0 Å². The second kappa shape index (κ2) is 5.66. The Balaban J connectivity index is 2.02. The number of hydrogen-bond donors (Lipinski definition) is 1. The van der Waals surface area contributed by atoms with Gasteiger partial charge in [-0.2, -0.15) is 0 Å². The third kappa shape index (κ3) is 2.67. The van der Waals surface area contributed by atoms with Crippen LogP contribution in [0, 0.1) is 5.82 Å². The van der Waals surface area contributed by atoms with Crippen LogP contribution >= 0.6 is 0 Å². The lowest BCUT2D eigenvalue weighted by Gasteiger charge is -2.06. The van der Waals surface area contributed by atoms with Gasteiger partial charge in [-0.25, -0.2) is 9.37 Å². The predicted molar refractivity (Wildman–Crippen MR) is 82.5 cm³/mol. The van der Waals surface area contributed by atoms with Gasteiger partial charge in [0.1, 0.15) is 11.6 Å². The van der Waals surface area contributed by atoms with E-state index < -0.39 is 0 Å². The molecule has 4 heteroatoms. The first-order chi connectivity index (χ1) is 10.2. The maximum atomic E-state index is 13.0. The first-order valence-corrected chi connectivity index (χ1v) is 7.14. The lowest BCUT2D eigenvalue weighted by atomic mass is 10.1. The largest absolute Gasteiger partial charge is 0.328 e. The minimum Gasteiger partial charge on any atom is -0.328 e. The van der Waals surface area contributed by atoms with Crippen molar-refractivity contribution in [3.05, 3.63) is 65.2 Å². The lowest BCUT2D eigenvalue weighted by molar-refractivity contribution is 0.627. The monoisotopic (exact) mass is 283 g/mol. The van der Waals surface area contributed by atoms with Crippen molar-refractivity contribution in [1.29, 1.82) is 0 Å². The van der Waals surface area contributed by atoms with E-state index in [9.17, 15) is 4.39 Å². The average molecular weight is 283 g/mol. The number of imidazole rings is 1. The van der Waals surface area contributed by atoms with Gasteiger partial charge < -0.3 is 10.3 Å². The van der Waals surface area contributed by atoms with Crippen LogP contribution in [-0.4, -0.2) is 9.55 Å². The Bertz CT molecular complexity index is 760. The summed E-state index contributed by atoms with van der Waals surface area (Å²) in [5.41, 5.74) is 9.91. The van der Waals surface area contributed by atoms with Crippen molar-refractivity contribution in [3.63, 3.8) is 0 Å². The lowest BCUT2D eigenvalue weighted by Crippen LogP contribution is -2.02. The predicted octanol–water partition coefficient (Wildman–Crippen LogP) is 3.24. The summed E-state index contributed by atoms with van der Waals surface area (Å²) in [6.07, 6.45) is 0.695. The molecule has 0 saturated heterocycles. The van der Waals surface area contributed by atoms with E-state index in [0.29, 0.717) is 13.0 Å². The van der Waals surface area contributed by atoms with Crippen molar-refractivity contribution in [1.82, 2.24) is 9.55 Å². The number of rotatable bonds is 4. The molecule has 0 saturated carbocycles. The number of nitrogens with two attached hydrogens (primary N) is 1. The van der Waals surface area contributed by atoms with Gasteiger partial charge >= 0.3 is 0 Å². The maximum Gasteiger partial charge on any atom is 0.123 e. The Morgan fingerprint density at radius 3 is 2.48 bits per heavy atom. The summed E-state index contributed by atoms with van der Waals surface area (Å²) >= 11 is 0. The van der Waals surface area contributed by atoms with E-state index in [0.717, 1.165) is 34.5 Å². The molecule has 108 valence electrons. The molecule has 1 aromatic heterocycles. The molecule has 0 aliphatic carbocycles. The molecule has 0 unspecified atom stereocenters. The van der Waals surface area contributed by atoms with Gasteiger partial charge in [-0.3, -0.25) is 0 Å². The number of nitrogens with zero attached hydrogens (tertiary/aromatic N) is 2. The van der Waals surface area contributed by atoms with Crippen LogP contribution in [-0.2, 0) is 19.5 Å². The second-order valence-corrected chi connectivity index (χ2v) is 5.10. The molecule has 0 amide bonds. The summed E-state index contributed by atoms with van der Waals surface area (Å²) in [4.78, 5) is 4.72. The fraction of sp³-hybridized carbons (Fsp3) is 0.235. The van der Waals surface area contributed by atoms with E-state index in [1.807, 2.05) is 12.1 Å². The summed E-state index contributed by atoms with van der Waals surface area (Å²) in [6, 6.07) is 12.7. The van der Waals surface area contributed by atoms with Gasteiger partial charge in [0, 0.05) is 19.5 Å². The molecule has 0 radical (unpaired) electrons. The molecule has 0 aliphatic rings. The second-order valence-electron chi connectivity index (χ2n) is 5.10. The SMILES string of the molecule is CCn1c(Cc2ccc(F)cc2)nc2cc(CN)ccc21. The highest BCUT2D eigenvalue weighted by Crippen LogP contribution is 2.20. The average Bonchev–Trinajstić information content (AvgIpc) is 2.85. The molecule has 3 rings (SSSR count). The smallest absolute Gasteiger partial charge is 0.123 e. The zero-order valence-electron chi connectivity index (χ0n) is 12.0. The van der Waals surface area contributed by atoms with Crippen LogP contribution in [0.1, 0.15) is 23.9 Å². The number of aromatic nitrogens is 2. The summed E-state index contributed by atoms with van der Waals surface area (Å²) in [5.74, 6) is 0.781. The summed E-state index contributed by atoms with van der Waals surface area (Å²) in [7, 11) is 0. The van der Waals surface area contributed by atoms with Crippen molar-refractivity contribution in [2.45, 2.75) is 26.4 Å². The van der Waals surface area contributed by atoms with Crippen molar-refractivity contribution >= 4 is 11.0 Å². The Kier molecular flexibility index (Phi) is 3.71. The van der Waals surface area contributed by atoms with E-state index in [4.69, 9.17) is 10.7 Å². The first-order valence-electron chi connectivity index (χ1n) is 7.14. The highest BCUT2D eigenvalue weighted by Gasteiger charge is 2.10. The molecular formula is C17H18FN3. The molecular weight excluding hydrogens is 265 g/mol. The third-order valence-corrected chi connectivity index (χ3v) is 3.72. The maximum absolute atomic E-state index is 13.0. The quantitative estimate of drug-likeness (QED) is 0.798. The minimum atomic E-state index is -0.213. The van der Waals surface area contributed by atoms with E-state index in [1.165, 1.54) is 12.1 Å². The standard InChI is InChI=1S/C17H18FN3/c1-2-21-16-8-5-13(11-19)9-15(16)20-17(21)10-12-3-6-14(18)7-4-12/h3-9H,2,10-11,19H2,1H3. The summed E-state index contributed by atoms with van der Waals surface area (Å²) in [5, 5.41) is 0. The van der Waals surface area contributed by atoms with Gasteiger partial charge in [0.15, 0.2) is 0 Å². The van der Waals surface area contributed by atoms with Gasteiger partial charge in [0.2, 0.25) is 0 Å². The number of benzene rings is 2. The molecule has 1 heterocycles. The highest BCUT2D eigenvalue weighted by molar-refractivity contribution is 5.77. The molecule has 0 bridgehead atoms. The van der Waals surface area contributed by atoms with Crippen LogP contribution in [0.2, 0.25) is 0 Å². The van der Waals surface area contributed by atoms with Gasteiger partial charge in [-0.05, 0) is 42.3 Å². The zero-order valence-corrected chi connectivity index (χ0v) is 12.0. The van der Waals surface area contributed by atoms with Gasteiger partial charge in [-0.1, -0.05) is 18.2 Å². The third-order valence-electron chi connectivity index (χ3n) is 3.72. The zero-order chi connectivity index (χ0) is 14.8. The number of aryl methyl sites for hydroxylation is 1. The highest BCUT2D eigenvalue weighted by atomic mass is 19.1.